The molecule has 0 atom stereocenters. The van der Waals surface area contributed by atoms with Crippen molar-refractivity contribution in [3.8, 4) is 6.07 Å². The van der Waals surface area contributed by atoms with E-state index in [-0.39, 0.29) is 29.3 Å². The molecule has 3 rings (SSSR count). The molecular formula is C14H10N6O3. The summed E-state index contributed by atoms with van der Waals surface area (Å²) in [5.41, 5.74) is 1.40. The van der Waals surface area contributed by atoms with Crippen molar-refractivity contribution in [1.29, 1.82) is 5.26 Å². The Kier molecular flexibility index (Phi) is 3.48. The van der Waals surface area contributed by atoms with Crippen LogP contribution in [0.2, 0.25) is 0 Å². The highest BCUT2D eigenvalue weighted by molar-refractivity contribution is 5.75. The van der Waals surface area contributed by atoms with Gasteiger partial charge >= 0.3 is 11.4 Å². The fourth-order valence-corrected chi connectivity index (χ4v) is 2.23. The highest BCUT2D eigenvalue weighted by atomic mass is 16.6. The topological polar surface area (TPSA) is 140 Å². The number of hydrogen-bond acceptors (Lipinski definition) is 6. The van der Waals surface area contributed by atoms with E-state index < -0.39 is 4.92 Å². The Labute approximate surface area is 128 Å². The van der Waals surface area contributed by atoms with Gasteiger partial charge in [0.1, 0.15) is 11.6 Å². The first-order chi connectivity index (χ1) is 11.1. The lowest BCUT2D eigenvalue weighted by Crippen LogP contribution is -2.06. The Morgan fingerprint density at radius 1 is 1.30 bits per heavy atom. The van der Waals surface area contributed by atoms with Gasteiger partial charge in [-0.05, 0) is 23.8 Å². The van der Waals surface area contributed by atoms with E-state index in [1.807, 2.05) is 0 Å². The molecule has 9 heteroatoms. The predicted molar refractivity (Wildman–Crippen MR) is 81.9 cm³/mol. The molecule has 1 aromatic carbocycles. The summed E-state index contributed by atoms with van der Waals surface area (Å²) in [6.07, 6.45) is 1.33. The van der Waals surface area contributed by atoms with E-state index in [4.69, 9.17) is 5.26 Å². The van der Waals surface area contributed by atoms with E-state index >= 15 is 0 Å². The van der Waals surface area contributed by atoms with Gasteiger partial charge in [0.25, 0.3) is 0 Å². The van der Waals surface area contributed by atoms with Gasteiger partial charge in [0.15, 0.2) is 0 Å². The van der Waals surface area contributed by atoms with Crippen LogP contribution in [0.3, 0.4) is 0 Å². The summed E-state index contributed by atoms with van der Waals surface area (Å²) in [6.45, 7) is 0.256. The zero-order valence-electron chi connectivity index (χ0n) is 11.7. The summed E-state index contributed by atoms with van der Waals surface area (Å²) in [5.74, 6) is 0.0247. The first kappa shape index (κ1) is 14.3. The molecule has 23 heavy (non-hydrogen) atoms. The maximum Gasteiger partial charge on any atom is 0.328 e. The number of rotatable bonds is 4. The molecule has 0 spiro atoms. The van der Waals surface area contributed by atoms with Crippen LogP contribution in [0.5, 0.6) is 0 Å². The Morgan fingerprint density at radius 2 is 2.09 bits per heavy atom. The third kappa shape index (κ3) is 2.73. The van der Waals surface area contributed by atoms with Gasteiger partial charge in [0.2, 0.25) is 5.82 Å². The molecular weight excluding hydrogens is 300 g/mol. The third-order valence-electron chi connectivity index (χ3n) is 3.27. The number of hydrogen-bond donors (Lipinski definition) is 3. The van der Waals surface area contributed by atoms with Gasteiger partial charge in [-0.25, -0.2) is 9.78 Å². The number of nitro groups is 1. The smallest absolute Gasteiger partial charge is 0.328 e. The van der Waals surface area contributed by atoms with Crippen molar-refractivity contribution >= 4 is 22.5 Å². The van der Waals surface area contributed by atoms with Crippen molar-refractivity contribution in [3.05, 3.63) is 62.2 Å². The quantitative estimate of drug-likeness (QED) is 0.494. The van der Waals surface area contributed by atoms with E-state index in [0.29, 0.717) is 11.0 Å². The van der Waals surface area contributed by atoms with Gasteiger partial charge in [0, 0.05) is 12.7 Å². The summed E-state index contributed by atoms with van der Waals surface area (Å²) >= 11 is 0. The van der Waals surface area contributed by atoms with Crippen molar-refractivity contribution in [1.82, 2.24) is 15.0 Å². The Balaban J connectivity index is 1.89. The van der Waals surface area contributed by atoms with Gasteiger partial charge in [-0.3, -0.25) is 10.1 Å². The first-order valence-electron chi connectivity index (χ1n) is 6.57. The molecule has 0 saturated heterocycles. The van der Waals surface area contributed by atoms with Gasteiger partial charge in [-0.1, -0.05) is 6.07 Å². The number of anilines is 1. The predicted octanol–water partition coefficient (Wildman–Crippen LogP) is 1.64. The van der Waals surface area contributed by atoms with Crippen LogP contribution in [0, 0.1) is 21.4 Å². The van der Waals surface area contributed by atoms with Crippen molar-refractivity contribution in [2.45, 2.75) is 6.54 Å². The number of aromatic nitrogens is 3. The summed E-state index contributed by atoms with van der Waals surface area (Å²) in [7, 11) is 0. The molecule has 0 radical (unpaired) electrons. The number of pyridine rings is 1. The lowest BCUT2D eigenvalue weighted by Gasteiger charge is -2.07. The summed E-state index contributed by atoms with van der Waals surface area (Å²) < 4.78 is 0. The van der Waals surface area contributed by atoms with Crippen LogP contribution in [0.15, 0.2) is 35.3 Å². The maximum atomic E-state index is 11.2. The molecule has 0 fully saturated rings. The lowest BCUT2D eigenvalue weighted by atomic mass is 10.2. The third-order valence-corrected chi connectivity index (χ3v) is 3.27. The monoisotopic (exact) mass is 310 g/mol. The second kappa shape index (κ2) is 5.61. The molecule has 0 saturated carbocycles. The van der Waals surface area contributed by atoms with E-state index in [1.165, 1.54) is 12.3 Å². The molecule has 2 heterocycles. The van der Waals surface area contributed by atoms with Gasteiger partial charge < -0.3 is 15.3 Å². The van der Waals surface area contributed by atoms with Crippen molar-refractivity contribution in [2.75, 3.05) is 5.32 Å². The number of H-pyrrole nitrogens is 2. The number of nitriles is 1. The average molecular weight is 310 g/mol. The molecule has 3 aromatic rings. The molecule has 0 amide bonds. The minimum Gasteiger partial charge on any atom is -0.360 e. The number of imidazole rings is 1. The van der Waals surface area contributed by atoms with E-state index in [2.05, 4.69) is 20.3 Å². The summed E-state index contributed by atoms with van der Waals surface area (Å²) in [4.78, 5) is 30.9. The Hall–Kier alpha value is -3.67. The van der Waals surface area contributed by atoms with E-state index in [0.717, 1.165) is 5.56 Å². The highest BCUT2D eigenvalue weighted by Gasteiger charge is 2.20. The molecule has 3 N–H and O–H groups in total. The van der Waals surface area contributed by atoms with Gasteiger partial charge in [-0.2, -0.15) is 5.26 Å². The SMILES string of the molecule is N#Cc1ccnc(NCc2ccc3[nH]c(=O)[nH]c3c2)c1[N+](=O)[O-]. The average Bonchev–Trinajstić information content (AvgIpc) is 2.91. The minimum atomic E-state index is -0.638. The van der Waals surface area contributed by atoms with Crippen LogP contribution in [-0.2, 0) is 6.54 Å². The number of benzene rings is 1. The molecule has 0 aliphatic rings. The summed E-state index contributed by atoms with van der Waals surface area (Å²) in [6, 6.07) is 8.33. The van der Waals surface area contributed by atoms with Crippen LogP contribution in [0.25, 0.3) is 11.0 Å². The number of fused-ring (bicyclic) bond motifs is 1. The first-order valence-corrected chi connectivity index (χ1v) is 6.57. The molecule has 0 unspecified atom stereocenters. The van der Waals surface area contributed by atoms with Crippen molar-refractivity contribution < 1.29 is 4.92 Å². The van der Waals surface area contributed by atoms with Crippen LogP contribution in [0.4, 0.5) is 11.5 Å². The molecule has 0 aliphatic carbocycles. The minimum absolute atomic E-state index is 0.0247. The van der Waals surface area contributed by atoms with Crippen LogP contribution < -0.4 is 11.0 Å². The Morgan fingerprint density at radius 3 is 2.83 bits per heavy atom. The molecule has 0 bridgehead atoms. The summed E-state index contributed by atoms with van der Waals surface area (Å²) in [5, 5.41) is 22.9. The Bertz CT molecular complexity index is 998. The number of aromatic amines is 2. The second-order valence-electron chi connectivity index (χ2n) is 4.74. The zero-order valence-corrected chi connectivity index (χ0v) is 11.7. The van der Waals surface area contributed by atoms with Crippen molar-refractivity contribution in [2.24, 2.45) is 0 Å². The molecule has 9 nitrogen and oxygen atoms in total. The van der Waals surface area contributed by atoms with Crippen molar-refractivity contribution in [3.63, 3.8) is 0 Å². The lowest BCUT2D eigenvalue weighted by molar-refractivity contribution is -0.384. The maximum absolute atomic E-state index is 11.2. The van der Waals surface area contributed by atoms with Crippen LogP contribution in [0.1, 0.15) is 11.1 Å². The van der Waals surface area contributed by atoms with Crippen LogP contribution >= 0.6 is 0 Å². The fraction of sp³-hybridized carbons (Fsp3) is 0.0714. The molecule has 0 aliphatic heterocycles. The fourth-order valence-electron chi connectivity index (χ4n) is 2.23. The van der Waals surface area contributed by atoms with E-state index in [9.17, 15) is 14.9 Å². The number of nitrogens with one attached hydrogen (secondary N) is 3. The van der Waals surface area contributed by atoms with Gasteiger partial charge in [0.05, 0.1) is 16.0 Å². The molecule has 114 valence electrons. The number of nitrogens with zero attached hydrogens (tertiary/aromatic N) is 3. The van der Waals surface area contributed by atoms with Crippen LogP contribution in [-0.4, -0.2) is 19.9 Å². The molecule has 2 aromatic heterocycles. The van der Waals surface area contributed by atoms with E-state index in [1.54, 1.807) is 24.3 Å². The second-order valence-corrected chi connectivity index (χ2v) is 4.74. The van der Waals surface area contributed by atoms with Gasteiger partial charge in [-0.15, -0.1) is 0 Å². The standard InChI is InChI=1S/C14H10N6O3/c15-6-9-3-4-16-13(12(9)20(22)23)17-7-8-1-2-10-11(5-8)19-14(21)18-10/h1-5H,7H2,(H,16,17)(H2,18,19,21). The normalized spacial score (nSPS) is 10.4. The zero-order chi connectivity index (χ0) is 16.4. The highest BCUT2D eigenvalue weighted by Crippen LogP contribution is 2.26. The largest absolute Gasteiger partial charge is 0.360 e.